The van der Waals surface area contributed by atoms with Gasteiger partial charge in [0.05, 0.1) is 12.6 Å². The Labute approximate surface area is 97.1 Å². The molecule has 0 bridgehead atoms. The molecule has 0 saturated heterocycles. The van der Waals surface area contributed by atoms with E-state index in [-0.39, 0.29) is 9.90 Å². The van der Waals surface area contributed by atoms with Gasteiger partial charge >= 0.3 is 5.97 Å². The third kappa shape index (κ3) is 2.76. The van der Waals surface area contributed by atoms with Crippen LogP contribution in [0.3, 0.4) is 0 Å². The zero-order valence-electron chi connectivity index (χ0n) is 8.92. The number of nitrogens with zero attached hydrogens (tertiary/aromatic N) is 2. The topological polar surface area (TPSA) is 88.6 Å². The van der Waals surface area contributed by atoms with Crippen LogP contribution < -0.4 is 4.83 Å². The van der Waals surface area contributed by atoms with Gasteiger partial charge in [-0.2, -0.15) is 0 Å². The van der Waals surface area contributed by atoms with Gasteiger partial charge in [-0.1, -0.05) is 0 Å². The fourth-order valence-electron chi connectivity index (χ4n) is 0.941. The standard InChI is InChI=1S/C7H11N3O4S2/c1-10(2)9-16(12,13)7-5(6(11)14-3)8-4-15-7/h4,9H,1-3H3. The Hall–Kier alpha value is -1.03. The van der Waals surface area contributed by atoms with Gasteiger partial charge in [0.1, 0.15) is 0 Å². The summed E-state index contributed by atoms with van der Waals surface area (Å²) in [6.07, 6.45) is 0. The lowest BCUT2D eigenvalue weighted by Gasteiger charge is -2.11. The molecule has 0 radical (unpaired) electrons. The van der Waals surface area contributed by atoms with Gasteiger partial charge in [-0.3, -0.25) is 0 Å². The van der Waals surface area contributed by atoms with Gasteiger partial charge in [-0.15, -0.1) is 16.2 Å². The number of nitrogens with one attached hydrogen (secondary N) is 1. The monoisotopic (exact) mass is 265 g/mol. The zero-order valence-corrected chi connectivity index (χ0v) is 10.6. The summed E-state index contributed by atoms with van der Waals surface area (Å²) in [4.78, 5) is 17.1. The molecular weight excluding hydrogens is 254 g/mol. The van der Waals surface area contributed by atoms with Crippen LogP contribution in [-0.2, 0) is 14.8 Å². The van der Waals surface area contributed by atoms with E-state index in [2.05, 4.69) is 14.6 Å². The molecule has 0 aromatic carbocycles. The second-order valence-corrected chi connectivity index (χ2v) is 5.68. The van der Waals surface area contributed by atoms with Crippen LogP contribution in [0.25, 0.3) is 0 Å². The minimum absolute atomic E-state index is 0.159. The van der Waals surface area contributed by atoms with Gasteiger partial charge in [0, 0.05) is 14.1 Å². The van der Waals surface area contributed by atoms with Crippen molar-refractivity contribution in [1.82, 2.24) is 14.8 Å². The number of hydrogen-bond acceptors (Lipinski definition) is 7. The molecule has 1 rings (SSSR count). The molecule has 0 spiro atoms. The van der Waals surface area contributed by atoms with Crippen molar-refractivity contribution in [2.45, 2.75) is 4.21 Å². The third-order valence-electron chi connectivity index (χ3n) is 1.46. The Morgan fingerprint density at radius 3 is 2.69 bits per heavy atom. The summed E-state index contributed by atoms with van der Waals surface area (Å²) in [5.41, 5.74) is 1.07. The molecule has 0 unspecified atom stereocenters. The molecule has 1 aromatic heterocycles. The summed E-state index contributed by atoms with van der Waals surface area (Å²) in [6.45, 7) is 0. The Balaban J connectivity index is 3.14. The SMILES string of the molecule is COC(=O)c1ncsc1S(=O)(=O)NN(C)C. The zero-order chi connectivity index (χ0) is 12.3. The maximum Gasteiger partial charge on any atom is 0.358 e. The van der Waals surface area contributed by atoms with Gasteiger partial charge in [0.15, 0.2) is 9.90 Å². The normalized spacial score (nSPS) is 11.8. The highest BCUT2D eigenvalue weighted by molar-refractivity contribution is 7.91. The number of aromatic nitrogens is 1. The lowest BCUT2D eigenvalue weighted by atomic mass is 10.5. The number of carbonyl (C=O) groups is 1. The Morgan fingerprint density at radius 2 is 2.19 bits per heavy atom. The molecule has 1 N–H and O–H groups in total. The van der Waals surface area contributed by atoms with E-state index in [1.165, 1.54) is 24.6 Å². The molecule has 0 aliphatic carbocycles. The van der Waals surface area contributed by atoms with Crippen molar-refractivity contribution in [3.8, 4) is 0 Å². The van der Waals surface area contributed by atoms with Crippen LogP contribution in [0.15, 0.2) is 9.72 Å². The van der Waals surface area contributed by atoms with Gasteiger partial charge in [0.25, 0.3) is 10.0 Å². The summed E-state index contributed by atoms with van der Waals surface area (Å²) in [5.74, 6) is -0.777. The maximum atomic E-state index is 11.8. The summed E-state index contributed by atoms with van der Waals surface area (Å²) >= 11 is 0.853. The number of carbonyl (C=O) groups excluding carboxylic acids is 1. The highest BCUT2D eigenvalue weighted by Gasteiger charge is 2.26. The molecule has 1 heterocycles. The van der Waals surface area contributed by atoms with Crippen molar-refractivity contribution >= 4 is 27.3 Å². The van der Waals surface area contributed by atoms with Crippen LogP contribution in [0.4, 0.5) is 0 Å². The molecule has 0 atom stereocenters. The minimum Gasteiger partial charge on any atom is -0.464 e. The van der Waals surface area contributed by atoms with Crippen molar-refractivity contribution in [1.29, 1.82) is 0 Å². The minimum atomic E-state index is -3.77. The fourth-order valence-corrected chi connectivity index (χ4v) is 3.14. The number of thiazole rings is 1. The van der Waals surface area contributed by atoms with Gasteiger partial charge in [0.2, 0.25) is 0 Å². The lowest BCUT2D eigenvalue weighted by Crippen LogP contribution is -2.36. The number of esters is 1. The van der Waals surface area contributed by atoms with Crippen molar-refractivity contribution in [3.63, 3.8) is 0 Å². The number of hydrazine groups is 1. The molecule has 0 amide bonds. The van der Waals surface area contributed by atoms with E-state index >= 15 is 0 Å². The molecule has 0 aliphatic heterocycles. The first kappa shape index (κ1) is 13.0. The second kappa shape index (κ2) is 4.87. The van der Waals surface area contributed by atoms with E-state index in [0.29, 0.717) is 0 Å². The van der Waals surface area contributed by atoms with E-state index < -0.39 is 16.0 Å². The molecule has 9 heteroatoms. The van der Waals surface area contributed by atoms with Crippen LogP contribution in [-0.4, -0.2) is 45.6 Å². The number of rotatable bonds is 4. The quantitative estimate of drug-likeness (QED) is 0.593. The predicted molar refractivity (Wildman–Crippen MR) is 57.5 cm³/mol. The summed E-state index contributed by atoms with van der Waals surface area (Å²) in [5, 5.41) is 1.26. The van der Waals surface area contributed by atoms with Gasteiger partial charge in [-0.25, -0.2) is 23.2 Å². The van der Waals surface area contributed by atoms with Crippen molar-refractivity contribution in [3.05, 3.63) is 11.2 Å². The number of hydrogen-bond donors (Lipinski definition) is 1. The van der Waals surface area contributed by atoms with Crippen LogP contribution in [0, 0.1) is 0 Å². The lowest BCUT2D eigenvalue weighted by molar-refractivity contribution is 0.0590. The van der Waals surface area contributed by atoms with Gasteiger partial charge in [-0.05, 0) is 0 Å². The van der Waals surface area contributed by atoms with E-state index in [0.717, 1.165) is 18.4 Å². The van der Waals surface area contributed by atoms with E-state index in [1.807, 2.05) is 0 Å². The molecule has 0 fully saturated rings. The highest BCUT2D eigenvalue weighted by atomic mass is 32.2. The van der Waals surface area contributed by atoms with Crippen molar-refractivity contribution in [2.75, 3.05) is 21.2 Å². The largest absolute Gasteiger partial charge is 0.464 e. The molecule has 16 heavy (non-hydrogen) atoms. The van der Waals surface area contributed by atoms with E-state index in [9.17, 15) is 13.2 Å². The molecule has 0 aliphatic rings. The average molecular weight is 265 g/mol. The molecule has 7 nitrogen and oxygen atoms in total. The second-order valence-electron chi connectivity index (χ2n) is 2.97. The Morgan fingerprint density at radius 1 is 1.56 bits per heavy atom. The summed E-state index contributed by atoms with van der Waals surface area (Å²) in [7, 11) is 0.442. The van der Waals surface area contributed by atoms with Crippen molar-refractivity contribution in [2.24, 2.45) is 0 Å². The number of ether oxygens (including phenoxy) is 1. The molecular formula is C7H11N3O4S2. The van der Waals surface area contributed by atoms with Crippen LogP contribution in [0.2, 0.25) is 0 Å². The number of methoxy groups -OCH3 is 1. The first-order valence-electron chi connectivity index (χ1n) is 4.10. The van der Waals surface area contributed by atoms with Crippen LogP contribution in [0.5, 0.6) is 0 Å². The summed E-state index contributed by atoms with van der Waals surface area (Å²) in [6, 6.07) is 0. The molecule has 0 saturated carbocycles. The Bertz CT molecular complexity index is 480. The van der Waals surface area contributed by atoms with E-state index in [1.54, 1.807) is 0 Å². The van der Waals surface area contributed by atoms with Crippen molar-refractivity contribution < 1.29 is 17.9 Å². The first-order chi connectivity index (χ1) is 7.38. The fraction of sp³-hybridized carbons (Fsp3) is 0.429. The Kier molecular flexibility index (Phi) is 3.97. The highest BCUT2D eigenvalue weighted by Crippen LogP contribution is 2.20. The van der Waals surface area contributed by atoms with Gasteiger partial charge < -0.3 is 4.74 Å². The number of sulfonamides is 1. The molecule has 1 aromatic rings. The first-order valence-corrected chi connectivity index (χ1v) is 6.46. The van der Waals surface area contributed by atoms with Crippen LogP contribution in [0.1, 0.15) is 10.5 Å². The summed E-state index contributed by atoms with van der Waals surface area (Å²) < 4.78 is 27.8. The average Bonchev–Trinajstić information content (AvgIpc) is 2.63. The van der Waals surface area contributed by atoms with E-state index in [4.69, 9.17) is 0 Å². The van der Waals surface area contributed by atoms with Crippen LogP contribution >= 0.6 is 11.3 Å². The smallest absolute Gasteiger partial charge is 0.358 e. The third-order valence-corrected chi connectivity index (χ3v) is 4.31. The predicted octanol–water partition coefficient (Wildman–Crippen LogP) is -0.315. The maximum absolute atomic E-state index is 11.8. The molecule has 90 valence electrons.